The number of hydrogen-bond acceptors (Lipinski definition) is 4. The van der Waals surface area contributed by atoms with Gasteiger partial charge < -0.3 is 11.1 Å². The fraction of sp³-hybridized carbons (Fsp3) is 0.211. The van der Waals surface area contributed by atoms with Crippen molar-refractivity contribution in [2.24, 2.45) is 11.7 Å². The van der Waals surface area contributed by atoms with Crippen LogP contribution < -0.4 is 11.1 Å². The summed E-state index contributed by atoms with van der Waals surface area (Å²) in [6, 6.07) is 17.2. The molecule has 24 heavy (non-hydrogen) atoms. The molecule has 0 saturated heterocycles. The van der Waals surface area contributed by atoms with Gasteiger partial charge in [-0.05, 0) is 12.0 Å². The maximum atomic E-state index is 11.7. The monoisotopic (exact) mass is 320 g/mol. The van der Waals surface area contributed by atoms with Crippen LogP contribution in [0.25, 0.3) is 22.2 Å². The van der Waals surface area contributed by atoms with Crippen molar-refractivity contribution in [2.75, 3.05) is 5.32 Å². The Balaban J connectivity index is 2.12. The molecule has 3 aromatic rings. The van der Waals surface area contributed by atoms with E-state index >= 15 is 0 Å². The highest BCUT2D eigenvalue weighted by Gasteiger charge is 2.21. The molecule has 3 rings (SSSR count). The van der Waals surface area contributed by atoms with E-state index < -0.39 is 11.9 Å². The van der Waals surface area contributed by atoms with Crippen molar-refractivity contribution in [1.29, 1.82) is 0 Å². The van der Waals surface area contributed by atoms with Gasteiger partial charge in [-0.3, -0.25) is 4.79 Å². The minimum absolute atomic E-state index is 0.0396. The van der Waals surface area contributed by atoms with Gasteiger partial charge in [-0.1, -0.05) is 62.4 Å². The Morgan fingerprint density at radius 2 is 1.67 bits per heavy atom. The van der Waals surface area contributed by atoms with Crippen molar-refractivity contribution in [3.8, 4) is 11.3 Å². The van der Waals surface area contributed by atoms with Gasteiger partial charge in [0, 0.05) is 10.9 Å². The highest BCUT2D eigenvalue weighted by molar-refractivity contribution is 5.93. The zero-order chi connectivity index (χ0) is 17.1. The van der Waals surface area contributed by atoms with E-state index in [1.54, 1.807) is 0 Å². The molecule has 0 aliphatic heterocycles. The Kier molecular flexibility index (Phi) is 4.42. The molecule has 3 N–H and O–H groups in total. The van der Waals surface area contributed by atoms with Crippen molar-refractivity contribution < 1.29 is 4.79 Å². The molecule has 0 saturated carbocycles. The Hall–Kier alpha value is -2.95. The predicted molar refractivity (Wildman–Crippen MR) is 96.4 cm³/mol. The molecule has 1 amide bonds. The predicted octanol–water partition coefficient (Wildman–Crippen LogP) is 3.22. The summed E-state index contributed by atoms with van der Waals surface area (Å²) >= 11 is 0. The van der Waals surface area contributed by atoms with Crippen LogP contribution in [0.4, 0.5) is 5.95 Å². The highest BCUT2D eigenvalue weighted by atomic mass is 16.1. The van der Waals surface area contributed by atoms with Crippen molar-refractivity contribution in [3.05, 3.63) is 54.6 Å². The average molecular weight is 320 g/mol. The van der Waals surface area contributed by atoms with Crippen LogP contribution in [0.1, 0.15) is 13.8 Å². The quantitative estimate of drug-likeness (QED) is 0.756. The topological polar surface area (TPSA) is 80.9 Å². The van der Waals surface area contributed by atoms with Gasteiger partial charge in [0.15, 0.2) is 0 Å². The van der Waals surface area contributed by atoms with Crippen molar-refractivity contribution in [2.45, 2.75) is 19.9 Å². The van der Waals surface area contributed by atoms with Gasteiger partial charge in [0.25, 0.3) is 0 Å². The third kappa shape index (κ3) is 3.20. The largest absolute Gasteiger partial charge is 0.368 e. The number of amides is 1. The summed E-state index contributed by atoms with van der Waals surface area (Å²) in [7, 11) is 0. The number of hydrogen-bond donors (Lipinski definition) is 2. The minimum atomic E-state index is -0.519. The van der Waals surface area contributed by atoms with E-state index in [0.717, 1.165) is 22.2 Å². The van der Waals surface area contributed by atoms with E-state index in [9.17, 15) is 4.79 Å². The molecule has 1 unspecified atom stereocenters. The normalized spacial score (nSPS) is 12.3. The Bertz CT molecular complexity index is 862. The maximum Gasteiger partial charge on any atom is 0.240 e. The summed E-state index contributed by atoms with van der Waals surface area (Å²) in [5.74, 6) is 0.0332. The lowest BCUT2D eigenvalue weighted by Crippen LogP contribution is -2.40. The second-order valence-electron chi connectivity index (χ2n) is 6.05. The van der Waals surface area contributed by atoms with Crippen molar-refractivity contribution in [3.63, 3.8) is 0 Å². The lowest BCUT2D eigenvalue weighted by molar-refractivity contribution is -0.119. The van der Waals surface area contributed by atoms with Gasteiger partial charge in [-0.15, -0.1) is 0 Å². The number of nitrogens with one attached hydrogen (secondary N) is 1. The second-order valence-corrected chi connectivity index (χ2v) is 6.05. The van der Waals surface area contributed by atoms with Crippen LogP contribution in [-0.4, -0.2) is 21.9 Å². The lowest BCUT2D eigenvalue weighted by atomic mass is 10.0. The average Bonchev–Trinajstić information content (AvgIpc) is 2.59. The zero-order valence-corrected chi connectivity index (χ0v) is 13.7. The number of carbonyl (C=O) groups is 1. The standard InChI is InChI=1S/C19H20N4O/c1-12(2)16(18(20)24)22-19-21-15-11-7-6-10-14(15)17(23-19)13-8-4-3-5-9-13/h3-12,16H,1-2H3,(H2,20,24)(H,21,22,23). The third-order valence-electron chi connectivity index (χ3n) is 3.91. The van der Waals surface area contributed by atoms with Gasteiger partial charge in [0.1, 0.15) is 6.04 Å². The summed E-state index contributed by atoms with van der Waals surface area (Å²) < 4.78 is 0. The van der Waals surface area contributed by atoms with Gasteiger partial charge in [-0.2, -0.15) is 0 Å². The Morgan fingerprint density at radius 3 is 2.33 bits per heavy atom. The number of benzene rings is 2. The molecular formula is C19H20N4O. The molecule has 0 spiro atoms. The smallest absolute Gasteiger partial charge is 0.240 e. The summed E-state index contributed by atoms with van der Waals surface area (Å²) in [4.78, 5) is 20.8. The molecule has 1 aromatic heterocycles. The number of aromatic nitrogens is 2. The summed E-state index contributed by atoms with van der Waals surface area (Å²) in [5.41, 5.74) is 8.14. The number of anilines is 1. The lowest BCUT2D eigenvalue weighted by Gasteiger charge is -2.19. The SMILES string of the molecule is CC(C)C(Nc1nc(-c2ccccc2)c2ccccc2n1)C(N)=O. The molecule has 0 aliphatic rings. The number of para-hydroxylation sites is 1. The van der Waals surface area contributed by atoms with Crippen molar-refractivity contribution in [1.82, 2.24) is 9.97 Å². The molecule has 0 aliphatic carbocycles. The summed E-state index contributed by atoms with van der Waals surface area (Å²) in [5, 5.41) is 4.05. The molecule has 5 nitrogen and oxygen atoms in total. The first kappa shape index (κ1) is 15.9. The summed E-state index contributed by atoms with van der Waals surface area (Å²) in [6.07, 6.45) is 0. The Labute approximate surface area is 140 Å². The van der Waals surface area contributed by atoms with Gasteiger partial charge in [0.2, 0.25) is 11.9 Å². The van der Waals surface area contributed by atoms with E-state index in [-0.39, 0.29) is 5.92 Å². The molecule has 0 bridgehead atoms. The van der Waals surface area contributed by atoms with Crippen LogP contribution >= 0.6 is 0 Å². The number of primary amides is 1. The molecule has 5 heteroatoms. The first-order valence-corrected chi connectivity index (χ1v) is 7.94. The fourth-order valence-electron chi connectivity index (χ4n) is 2.66. The molecule has 1 heterocycles. The maximum absolute atomic E-state index is 11.7. The third-order valence-corrected chi connectivity index (χ3v) is 3.91. The highest BCUT2D eigenvalue weighted by Crippen LogP contribution is 2.27. The molecule has 2 aromatic carbocycles. The molecule has 1 atom stereocenters. The van der Waals surface area contributed by atoms with Gasteiger partial charge >= 0.3 is 0 Å². The molecule has 0 fully saturated rings. The van der Waals surface area contributed by atoms with E-state index in [1.807, 2.05) is 68.4 Å². The van der Waals surface area contributed by atoms with Crippen LogP contribution in [0, 0.1) is 5.92 Å². The van der Waals surface area contributed by atoms with Gasteiger partial charge in [0.05, 0.1) is 11.2 Å². The number of carbonyl (C=O) groups excluding carboxylic acids is 1. The Morgan fingerprint density at radius 1 is 1.00 bits per heavy atom. The van der Waals surface area contributed by atoms with Crippen molar-refractivity contribution >= 4 is 22.8 Å². The van der Waals surface area contributed by atoms with Crippen LogP contribution in [0.5, 0.6) is 0 Å². The molecular weight excluding hydrogens is 300 g/mol. The minimum Gasteiger partial charge on any atom is -0.368 e. The van der Waals surface area contributed by atoms with Crippen LogP contribution in [-0.2, 0) is 4.79 Å². The number of nitrogens with two attached hydrogens (primary N) is 1. The first-order valence-electron chi connectivity index (χ1n) is 7.94. The van der Waals surface area contributed by atoms with Crippen LogP contribution in [0.2, 0.25) is 0 Å². The first-order chi connectivity index (χ1) is 11.6. The molecule has 0 radical (unpaired) electrons. The summed E-state index contributed by atoms with van der Waals surface area (Å²) in [6.45, 7) is 3.86. The number of nitrogens with zero attached hydrogens (tertiary/aromatic N) is 2. The zero-order valence-electron chi connectivity index (χ0n) is 13.7. The number of fused-ring (bicyclic) bond motifs is 1. The van der Waals surface area contributed by atoms with E-state index in [2.05, 4.69) is 15.3 Å². The van der Waals surface area contributed by atoms with E-state index in [0.29, 0.717) is 5.95 Å². The second kappa shape index (κ2) is 6.66. The van der Waals surface area contributed by atoms with Crippen LogP contribution in [0.15, 0.2) is 54.6 Å². The number of rotatable bonds is 5. The van der Waals surface area contributed by atoms with E-state index in [4.69, 9.17) is 5.73 Å². The van der Waals surface area contributed by atoms with Crippen LogP contribution in [0.3, 0.4) is 0 Å². The fourth-order valence-corrected chi connectivity index (χ4v) is 2.66. The van der Waals surface area contributed by atoms with E-state index in [1.165, 1.54) is 0 Å². The molecule has 122 valence electrons. The van der Waals surface area contributed by atoms with Gasteiger partial charge in [-0.25, -0.2) is 9.97 Å².